The van der Waals surface area contributed by atoms with E-state index in [1.54, 1.807) is 0 Å². The molecule has 2 aliphatic rings. The topological polar surface area (TPSA) is 36.9 Å². The first-order valence-electron chi connectivity index (χ1n) is 8.96. The minimum atomic E-state index is 0. The summed E-state index contributed by atoms with van der Waals surface area (Å²) >= 11 is 6.17. The van der Waals surface area contributed by atoms with Crippen molar-refractivity contribution in [1.29, 1.82) is 0 Å². The first-order valence-corrected chi connectivity index (χ1v) is 9.34. The van der Waals surface area contributed by atoms with E-state index in [-0.39, 0.29) is 29.4 Å². The van der Waals surface area contributed by atoms with Crippen molar-refractivity contribution < 1.29 is 4.74 Å². The first kappa shape index (κ1) is 20.8. The molecule has 4 nitrogen and oxygen atoms in total. The summed E-state index contributed by atoms with van der Waals surface area (Å²) in [5.74, 6) is 1.63. The van der Waals surface area contributed by atoms with Crippen LogP contribution < -0.4 is 5.32 Å². The van der Waals surface area contributed by atoms with Gasteiger partial charge >= 0.3 is 0 Å². The third-order valence-corrected chi connectivity index (χ3v) is 5.47. The molecule has 0 amide bonds. The molecule has 25 heavy (non-hydrogen) atoms. The molecule has 1 aromatic carbocycles. The lowest BCUT2D eigenvalue weighted by molar-refractivity contribution is 0.114. The van der Waals surface area contributed by atoms with E-state index in [1.165, 1.54) is 24.8 Å². The lowest BCUT2D eigenvalue weighted by atomic mass is 9.96. The molecule has 1 saturated heterocycles. The van der Waals surface area contributed by atoms with Crippen molar-refractivity contribution in [2.24, 2.45) is 10.9 Å². The lowest BCUT2D eigenvalue weighted by Gasteiger charge is -2.25. The van der Waals surface area contributed by atoms with Crippen molar-refractivity contribution in [1.82, 2.24) is 10.2 Å². The molecule has 1 N–H and O–H groups in total. The molecule has 0 aromatic heterocycles. The Morgan fingerprint density at radius 3 is 2.88 bits per heavy atom. The molecule has 2 fully saturated rings. The quantitative estimate of drug-likeness (QED) is 0.383. The van der Waals surface area contributed by atoms with Gasteiger partial charge in [0.05, 0.1) is 6.61 Å². The van der Waals surface area contributed by atoms with Crippen molar-refractivity contribution >= 4 is 41.5 Å². The highest BCUT2D eigenvalue weighted by molar-refractivity contribution is 14.0. The van der Waals surface area contributed by atoms with Crippen LogP contribution in [0.3, 0.4) is 0 Å². The van der Waals surface area contributed by atoms with Crippen molar-refractivity contribution in [3.8, 4) is 0 Å². The zero-order valence-corrected chi connectivity index (χ0v) is 18.2. The van der Waals surface area contributed by atoms with Gasteiger partial charge in [0.25, 0.3) is 0 Å². The van der Waals surface area contributed by atoms with Crippen molar-refractivity contribution in [2.75, 3.05) is 39.9 Å². The highest BCUT2D eigenvalue weighted by atomic mass is 127. The largest absolute Gasteiger partial charge is 0.381 e. The number of guanidine groups is 1. The molecule has 1 heterocycles. The van der Waals surface area contributed by atoms with Crippen LogP contribution in [-0.2, 0) is 10.2 Å². The molecule has 1 aliphatic carbocycles. The lowest BCUT2D eigenvalue weighted by Crippen LogP contribution is -2.43. The maximum absolute atomic E-state index is 6.17. The molecule has 1 unspecified atom stereocenters. The second-order valence-corrected chi connectivity index (χ2v) is 7.39. The fraction of sp³-hybridized carbons (Fsp3) is 0.632. The van der Waals surface area contributed by atoms with E-state index in [0.29, 0.717) is 5.92 Å². The fourth-order valence-electron chi connectivity index (χ4n) is 3.56. The Bertz CT molecular complexity index is 592. The summed E-state index contributed by atoms with van der Waals surface area (Å²) < 4.78 is 5.57. The van der Waals surface area contributed by atoms with Crippen LogP contribution in [0.1, 0.15) is 31.7 Å². The van der Waals surface area contributed by atoms with Crippen molar-refractivity contribution in [3.63, 3.8) is 0 Å². The summed E-state index contributed by atoms with van der Waals surface area (Å²) in [4.78, 5) is 6.85. The minimum Gasteiger partial charge on any atom is -0.381 e. The van der Waals surface area contributed by atoms with Gasteiger partial charge in [-0.15, -0.1) is 24.0 Å². The second-order valence-electron chi connectivity index (χ2n) is 6.95. The molecular formula is C19H29ClIN3O. The number of hydrogen-bond acceptors (Lipinski definition) is 2. The highest BCUT2D eigenvalue weighted by Crippen LogP contribution is 2.48. The van der Waals surface area contributed by atoms with Crippen LogP contribution >= 0.6 is 35.6 Å². The summed E-state index contributed by atoms with van der Waals surface area (Å²) in [5, 5.41) is 4.42. The smallest absolute Gasteiger partial charge is 0.193 e. The summed E-state index contributed by atoms with van der Waals surface area (Å²) in [6.07, 6.45) is 3.61. The number of aliphatic imine (C=N–C) groups is 1. The normalized spacial score (nSPS) is 21.8. The van der Waals surface area contributed by atoms with Gasteiger partial charge in [0, 0.05) is 49.6 Å². The van der Waals surface area contributed by atoms with Crippen LogP contribution in [0.25, 0.3) is 0 Å². The Balaban J connectivity index is 0.00000225. The number of nitrogens with zero attached hydrogens (tertiary/aromatic N) is 2. The van der Waals surface area contributed by atoms with Gasteiger partial charge in [0.1, 0.15) is 0 Å². The predicted molar refractivity (Wildman–Crippen MR) is 115 cm³/mol. The minimum absolute atomic E-state index is 0. The Hall–Kier alpha value is -0.530. The predicted octanol–water partition coefficient (Wildman–Crippen LogP) is 3.92. The zero-order valence-electron chi connectivity index (χ0n) is 15.1. The van der Waals surface area contributed by atoms with Crippen LogP contribution in [0.4, 0.5) is 0 Å². The molecule has 1 atom stereocenters. The Morgan fingerprint density at radius 1 is 1.44 bits per heavy atom. The maximum atomic E-state index is 6.17. The first-order chi connectivity index (χ1) is 11.7. The number of likely N-dealkylation sites (tertiary alicyclic amines) is 1. The zero-order chi connectivity index (χ0) is 17.0. The molecule has 1 aliphatic heterocycles. The fourth-order valence-corrected chi connectivity index (χ4v) is 3.75. The van der Waals surface area contributed by atoms with Crippen LogP contribution in [0.15, 0.2) is 29.3 Å². The molecule has 1 aromatic rings. The van der Waals surface area contributed by atoms with Gasteiger partial charge in [0.2, 0.25) is 0 Å². The molecule has 3 rings (SSSR count). The Morgan fingerprint density at radius 2 is 2.24 bits per heavy atom. The van der Waals surface area contributed by atoms with Crippen LogP contribution in [0.2, 0.25) is 5.02 Å². The Labute approximate surface area is 173 Å². The number of halogens is 2. The van der Waals surface area contributed by atoms with E-state index in [9.17, 15) is 0 Å². The average molecular weight is 478 g/mol. The van der Waals surface area contributed by atoms with Gasteiger partial charge in [-0.3, -0.25) is 4.99 Å². The summed E-state index contributed by atoms with van der Waals surface area (Å²) in [6.45, 7) is 6.72. The average Bonchev–Trinajstić information content (AvgIpc) is 3.24. The number of benzene rings is 1. The van der Waals surface area contributed by atoms with Gasteiger partial charge in [0.15, 0.2) is 5.96 Å². The number of nitrogens with one attached hydrogen (secondary N) is 1. The number of hydrogen-bond donors (Lipinski definition) is 1. The third kappa shape index (κ3) is 5.23. The summed E-state index contributed by atoms with van der Waals surface area (Å²) in [5.41, 5.74) is 1.57. The molecule has 1 saturated carbocycles. The van der Waals surface area contributed by atoms with E-state index in [0.717, 1.165) is 43.8 Å². The molecular weight excluding hydrogens is 449 g/mol. The van der Waals surface area contributed by atoms with Gasteiger partial charge in [-0.1, -0.05) is 23.7 Å². The monoisotopic (exact) mass is 477 g/mol. The van der Waals surface area contributed by atoms with Crippen LogP contribution in [0.5, 0.6) is 0 Å². The van der Waals surface area contributed by atoms with Gasteiger partial charge in [-0.25, -0.2) is 0 Å². The van der Waals surface area contributed by atoms with E-state index in [2.05, 4.69) is 34.3 Å². The number of rotatable bonds is 6. The van der Waals surface area contributed by atoms with E-state index < -0.39 is 0 Å². The molecule has 140 valence electrons. The summed E-state index contributed by atoms with van der Waals surface area (Å²) in [7, 11) is 1.87. The molecule has 6 heteroatoms. The Kier molecular flexibility index (Phi) is 7.83. The van der Waals surface area contributed by atoms with Crippen molar-refractivity contribution in [2.45, 2.75) is 31.6 Å². The molecule has 0 spiro atoms. The molecule has 0 bridgehead atoms. The molecule has 0 radical (unpaired) electrons. The summed E-state index contributed by atoms with van der Waals surface area (Å²) in [6, 6.07) is 8.28. The third-order valence-electron chi connectivity index (χ3n) is 5.23. The van der Waals surface area contributed by atoms with Gasteiger partial charge < -0.3 is 15.0 Å². The van der Waals surface area contributed by atoms with Gasteiger partial charge in [-0.05, 0) is 43.9 Å². The standard InChI is InChI=1S/C19H28ClN3O.HI/c1-3-24-13-15-7-10-23(12-15)18(21-2)22-14-19(8-9-19)16-5-4-6-17(20)11-16;/h4-6,11,15H,3,7-10,12-14H2,1-2H3,(H,21,22);1H. The maximum Gasteiger partial charge on any atom is 0.193 e. The van der Waals surface area contributed by atoms with Crippen LogP contribution in [-0.4, -0.2) is 50.8 Å². The highest BCUT2D eigenvalue weighted by Gasteiger charge is 2.44. The SMILES string of the molecule is CCOCC1CCN(C(=NC)NCC2(c3cccc(Cl)c3)CC2)C1.I. The van der Waals surface area contributed by atoms with Crippen LogP contribution in [0, 0.1) is 5.92 Å². The van der Waals surface area contributed by atoms with Gasteiger partial charge in [-0.2, -0.15) is 0 Å². The second kappa shape index (κ2) is 9.42. The van der Waals surface area contributed by atoms with E-state index in [4.69, 9.17) is 16.3 Å². The number of ether oxygens (including phenoxy) is 1. The van der Waals surface area contributed by atoms with Crippen molar-refractivity contribution in [3.05, 3.63) is 34.9 Å². The van der Waals surface area contributed by atoms with E-state index >= 15 is 0 Å². The van der Waals surface area contributed by atoms with E-state index in [1.807, 2.05) is 19.2 Å².